The van der Waals surface area contributed by atoms with Crippen LogP contribution >= 0.6 is 0 Å². The van der Waals surface area contributed by atoms with E-state index in [1.807, 2.05) is 0 Å². The van der Waals surface area contributed by atoms with Gasteiger partial charge in [0.15, 0.2) is 0 Å². The van der Waals surface area contributed by atoms with Crippen LogP contribution in [0.3, 0.4) is 0 Å². The van der Waals surface area contributed by atoms with Crippen molar-refractivity contribution in [3.63, 3.8) is 0 Å². The number of rotatable bonds is 6. The lowest BCUT2D eigenvalue weighted by Crippen LogP contribution is -1.96. The molecule has 0 amide bonds. The summed E-state index contributed by atoms with van der Waals surface area (Å²) in [4.78, 5) is 0. The van der Waals surface area contributed by atoms with Gasteiger partial charge in [-0.2, -0.15) is 0 Å². The van der Waals surface area contributed by atoms with Gasteiger partial charge in [0.25, 0.3) is 0 Å². The van der Waals surface area contributed by atoms with Gasteiger partial charge in [-0.15, -0.1) is 0 Å². The van der Waals surface area contributed by atoms with E-state index in [1.165, 1.54) is 53.5 Å². The number of hydrogen-bond acceptors (Lipinski definition) is 0. The van der Waals surface area contributed by atoms with E-state index in [9.17, 15) is 0 Å². The first-order chi connectivity index (χ1) is 11.2. The number of benzene rings is 2. The van der Waals surface area contributed by atoms with Gasteiger partial charge in [0.2, 0.25) is 0 Å². The van der Waals surface area contributed by atoms with Crippen molar-refractivity contribution in [1.29, 1.82) is 0 Å². The SMILES string of the molecule is CCCCc1ccc2c(c1-c1ccccc1)C=C(CC(C)C)C2. The molecule has 2 aromatic carbocycles. The van der Waals surface area contributed by atoms with Crippen LogP contribution in [0.25, 0.3) is 17.2 Å². The van der Waals surface area contributed by atoms with E-state index >= 15 is 0 Å². The molecule has 0 heterocycles. The first-order valence-electron chi connectivity index (χ1n) is 9.08. The van der Waals surface area contributed by atoms with Gasteiger partial charge in [-0.25, -0.2) is 0 Å². The van der Waals surface area contributed by atoms with E-state index in [0.717, 1.165) is 12.3 Å². The molecule has 0 radical (unpaired) electrons. The van der Waals surface area contributed by atoms with E-state index in [0.29, 0.717) is 0 Å². The molecule has 0 heteroatoms. The molecular weight excluding hydrogens is 276 g/mol. The van der Waals surface area contributed by atoms with E-state index in [-0.39, 0.29) is 0 Å². The van der Waals surface area contributed by atoms with Crippen LogP contribution < -0.4 is 0 Å². The second-order valence-electron chi connectivity index (χ2n) is 7.22. The molecule has 0 unspecified atom stereocenters. The highest BCUT2D eigenvalue weighted by atomic mass is 14.2. The second-order valence-corrected chi connectivity index (χ2v) is 7.22. The molecule has 1 aliphatic carbocycles. The van der Waals surface area contributed by atoms with Crippen molar-refractivity contribution in [2.24, 2.45) is 5.92 Å². The van der Waals surface area contributed by atoms with Crippen molar-refractivity contribution in [3.05, 3.63) is 64.7 Å². The predicted molar refractivity (Wildman–Crippen MR) is 102 cm³/mol. The quantitative estimate of drug-likeness (QED) is 0.558. The Balaban J connectivity index is 2.07. The van der Waals surface area contributed by atoms with Crippen LogP contribution in [-0.4, -0.2) is 0 Å². The highest BCUT2D eigenvalue weighted by Gasteiger charge is 2.19. The molecule has 0 nitrogen and oxygen atoms in total. The molecule has 23 heavy (non-hydrogen) atoms. The van der Waals surface area contributed by atoms with Crippen molar-refractivity contribution < 1.29 is 0 Å². The van der Waals surface area contributed by atoms with Gasteiger partial charge in [-0.05, 0) is 59.4 Å². The zero-order chi connectivity index (χ0) is 16.2. The summed E-state index contributed by atoms with van der Waals surface area (Å²) in [5.41, 5.74) is 8.96. The fraction of sp³-hybridized carbons (Fsp3) is 0.391. The summed E-state index contributed by atoms with van der Waals surface area (Å²) >= 11 is 0. The summed E-state index contributed by atoms with van der Waals surface area (Å²) in [6.45, 7) is 6.90. The molecule has 0 spiro atoms. The normalized spacial score (nSPS) is 13.3. The Bertz CT molecular complexity index is 689. The lowest BCUT2D eigenvalue weighted by molar-refractivity contribution is 0.638. The van der Waals surface area contributed by atoms with Crippen molar-refractivity contribution in [1.82, 2.24) is 0 Å². The third-order valence-electron chi connectivity index (χ3n) is 4.72. The van der Waals surface area contributed by atoms with Gasteiger partial charge < -0.3 is 0 Å². The summed E-state index contributed by atoms with van der Waals surface area (Å²) in [6.07, 6.45) is 8.53. The van der Waals surface area contributed by atoms with Crippen LogP contribution in [-0.2, 0) is 12.8 Å². The predicted octanol–water partition coefficient (Wildman–Crippen LogP) is 6.68. The van der Waals surface area contributed by atoms with Gasteiger partial charge in [-0.1, -0.05) is 81.3 Å². The first kappa shape index (κ1) is 16.1. The zero-order valence-electron chi connectivity index (χ0n) is 14.7. The lowest BCUT2D eigenvalue weighted by Gasteiger charge is -2.14. The van der Waals surface area contributed by atoms with Crippen LogP contribution in [0.2, 0.25) is 0 Å². The standard InChI is InChI=1S/C23H28/c1-4-5-9-20-12-13-21-15-18(14-17(2)3)16-22(21)23(20)19-10-7-6-8-11-19/h6-8,10-13,16-17H,4-5,9,14-15H2,1-3H3. The molecule has 0 aromatic heterocycles. The molecule has 0 saturated carbocycles. The summed E-state index contributed by atoms with van der Waals surface area (Å²) in [6, 6.07) is 15.7. The maximum absolute atomic E-state index is 2.48. The van der Waals surface area contributed by atoms with Crippen molar-refractivity contribution >= 4 is 6.08 Å². The molecule has 120 valence electrons. The Morgan fingerprint density at radius 1 is 1.00 bits per heavy atom. The van der Waals surface area contributed by atoms with Crippen LogP contribution in [0.1, 0.15) is 56.7 Å². The minimum atomic E-state index is 0.732. The minimum Gasteiger partial charge on any atom is -0.0654 e. The average Bonchev–Trinajstić information content (AvgIpc) is 2.94. The maximum atomic E-state index is 2.48. The van der Waals surface area contributed by atoms with Crippen molar-refractivity contribution in [3.8, 4) is 11.1 Å². The van der Waals surface area contributed by atoms with Gasteiger partial charge in [-0.3, -0.25) is 0 Å². The van der Waals surface area contributed by atoms with E-state index in [2.05, 4.69) is 69.3 Å². The number of aryl methyl sites for hydroxylation is 1. The Labute approximate surface area is 141 Å². The number of unbranched alkanes of at least 4 members (excludes halogenated alkanes) is 1. The molecule has 0 saturated heterocycles. The van der Waals surface area contributed by atoms with Gasteiger partial charge in [0, 0.05) is 0 Å². The van der Waals surface area contributed by atoms with Crippen molar-refractivity contribution in [2.75, 3.05) is 0 Å². The van der Waals surface area contributed by atoms with Gasteiger partial charge in [0.1, 0.15) is 0 Å². The van der Waals surface area contributed by atoms with Crippen LogP contribution in [0.5, 0.6) is 0 Å². The average molecular weight is 304 g/mol. The molecule has 3 rings (SSSR count). The third kappa shape index (κ3) is 3.58. The molecular formula is C23H28. The summed E-state index contributed by atoms with van der Waals surface area (Å²) < 4.78 is 0. The number of hydrogen-bond donors (Lipinski definition) is 0. The van der Waals surface area contributed by atoms with Gasteiger partial charge in [0.05, 0.1) is 0 Å². The van der Waals surface area contributed by atoms with Crippen LogP contribution in [0.4, 0.5) is 0 Å². The fourth-order valence-corrected chi connectivity index (χ4v) is 3.70. The largest absolute Gasteiger partial charge is 0.0654 e. The van der Waals surface area contributed by atoms with Crippen LogP contribution in [0, 0.1) is 5.92 Å². The molecule has 1 aliphatic rings. The molecule has 0 N–H and O–H groups in total. The van der Waals surface area contributed by atoms with E-state index in [4.69, 9.17) is 0 Å². The van der Waals surface area contributed by atoms with E-state index < -0.39 is 0 Å². The molecule has 0 atom stereocenters. The number of fused-ring (bicyclic) bond motifs is 1. The Morgan fingerprint density at radius 2 is 1.78 bits per heavy atom. The van der Waals surface area contributed by atoms with Crippen molar-refractivity contribution in [2.45, 2.75) is 52.9 Å². The number of allylic oxidation sites excluding steroid dienone is 1. The fourth-order valence-electron chi connectivity index (χ4n) is 3.70. The third-order valence-corrected chi connectivity index (χ3v) is 4.72. The summed E-state index contributed by atoms with van der Waals surface area (Å²) in [5, 5.41) is 0. The monoisotopic (exact) mass is 304 g/mol. The lowest BCUT2D eigenvalue weighted by atomic mass is 9.90. The van der Waals surface area contributed by atoms with E-state index in [1.54, 1.807) is 5.57 Å². The molecule has 2 aromatic rings. The Kier molecular flexibility index (Phi) is 5.00. The zero-order valence-corrected chi connectivity index (χ0v) is 14.7. The highest BCUT2D eigenvalue weighted by molar-refractivity contribution is 5.83. The first-order valence-corrected chi connectivity index (χ1v) is 9.08. The highest BCUT2D eigenvalue weighted by Crippen LogP contribution is 2.38. The Morgan fingerprint density at radius 3 is 2.48 bits per heavy atom. The Hall–Kier alpha value is -1.82. The minimum absolute atomic E-state index is 0.732. The summed E-state index contributed by atoms with van der Waals surface area (Å²) in [5.74, 6) is 0.732. The maximum Gasteiger partial charge on any atom is -0.00575 e. The molecule has 0 aliphatic heterocycles. The molecule has 0 fully saturated rings. The van der Waals surface area contributed by atoms with Crippen LogP contribution in [0.15, 0.2) is 48.0 Å². The molecule has 0 bridgehead atoms. The second kappa shape index (κ2) is 7.17. The van der Waals surface area contributed by atoms with Gasteiger partial charge >= 0.3 is 0 Å². The topological polar surface area (TPSA) is 0 Å². The summed E-state index contributed by atoms with van der Waals surface area (Å²) in [7, 11) is 0. The smallest absolute Gasteiger partial charge is 0.00575 e.